The van der Waals surface area contributed by atoms with Crippen molar-refractivity contribution in [3.05, 3.63) is 53.7 Å². The molecule has 0 aliphatic carbocycles. The van der Waals surface area contributed by atoms with Crippen molar-refractivity contribution in [2.24, 2.45) is 0 Å². The minimum absolute atomic E-state index is 0.231. The summed E-state index contributed by atoms with van der Waals surface area (Å²) in [6, 6.07) is 6.46. The van der Waals surface area contributed by atoms with Gasteiger partial charge in [-0.15, -0.1) is 5.10 Å². The Bertz CT molecular complexity index is 1240. The van der Waals surface area contributed by atoms with Crippen molar-refractivity contribution in [2.75, 3.05) is 13.1 Å². The number of halogens is 4. The molecule has 0 spiro atoms. The van der Waals surface area contributed by atoms with Crippen LogP contribution in [-0.4, -0.2) is 60.6 Å². The fourth-order valence-electron chi connectivity index (χ4n) is 4.24. The molecular formula is C22H21F4N5O3. The average molecular weight is 479 g/mol. The van der Waals surface area contributed by atoms with Crippen LogP contribution in [0.5, 0.6) is 5.88 Å². The van der Waals surface area contributed by atoms with Gasteiger partial charge in [-0.2, -0.15) is 13.2 Å². The summed E-state index contributed by atoms with van der Waals surface area (Å²) in [5, 5.41) is 14.6. The van der Waals surface area contributed by atoms with Gasteiger partial charge in [0.05, 0.1) is 43.3 Å². The van der Waals surface area contributed by atoms with Crippen molar-refractivity contribution < 1.29 is 32.2 Å². The summed E-state index contributed by atoms with van der Waals surface area (Å²) in [6.07, 6.45) is -3.90. The van der Waals surface area contributed by atoms with Crippen LogP contribution < -0.4 is 4.74 Å². The maximum absolute atomic E-state index is 13.4. The number of alkyl halides is 3. The molecule has 1 amide bonds. The van der Waals surface area contributed by atoms with E-state index in [9.17, 15) is 27.5 Å². The van der Waals surface area contributed by atoms with E-state index in [1.54, 1.807) is 22.6 Å². The SMILES string of the molecule is C[C@H]1Cn2nc(OC3CN(C(=O)c4ccc(F)cc4)C3)cc2-c2cnc(C(C)(O)C(F)(F)F)n21. The molecule has 1 unspecified atom stereocenters. The largest absolute Gasteiger partial charge is 0.469 e. The van der Waals surface area contributed by atoms with Crippen LogP contribution in [0.15, 0.2) is 36.5 Å². The molecule has 1 aromatic carbocycles. The number of imidazole rings is 1. The van der Waals surface area contributed by atoms with E-state index in [1.165, 1.54) is 35.0 Å². The van der Waals surface area contributed by atoms with Gasteiger partial charge in [0.15, 0.2) is 5.82 Å². The van der Waals surface area contributed by atoms with Crippen LogP contribution >= 0.6 is 0 Å². The average Bonchev–Trinajstić information content (AvgIpc) is 3.34. The Morgan fingerprint density at radius 1 is 1.15 bits per heavy atom. The molecule has 12 heteroatoms. The molecule has 3 aromatic rings. The van der Waals surface area contributed by atoms with Crippen molar-refractivity contribution in [3.63, 3.8) is 0 Å². The summed E-state index contributed by atoms with van der Waals surface area (Å²) >= 11 is 0. The summed E-state index contributed by atoms with van der Waals surface area (Å²) in [5.74, 6) is -0.855. The third-order valence-corrected chi connectivity index (χ3v) is 6.20. The third-order valence-electron chi connectivity index (χ3n) is 6.20. The Morgan fingerprint density at radius 3 is 2.47 bits per heavy atom. The highest BCUT2D eigenvalue weighted by Gasteiger charge is 2.55. The summed E-state index contributed by atoms with van der Waals surface area (Å²) in [7, 11) is 0. The van der Waals surface area contributed by atoms with E-state index >= 15 is 0 Å². The molecule has 1 fully saturated rings. The Morgan fingerprint density at radius 2 is 1.82 bits per heavy atom. The molecule has 2 atom stereocenters. The third kappa shape index (κ3) is 3.52. The first-order chi connectivity index (χ1) is 16.0. The van der Waals surface area contributed by atoms with Crippen LogP contribution in [-0.2, 0) is 12.1 Å². The topological polar surface area (TPSA) is 85.4 Å². The first kappa shape index (κ1) is 22.4. The Balaban J connectivity index is 1.31. The smallest absolute Gasteiger partial charge is 0.424 e. The van der Waals surface area contributed by atoms with E-state index < -0.39 is 29.5 Å². The number of hydrogen-bond acceptors (Lipinski definition) is 5. The molecule has 1 saturated heterocycles. The summed E-state index contributed by atoms with van der Waals surface area (Å²) < 4.78 is 62.2. The summed E-state index contributed by atoms with van der Waals surface area (Å²) in [6.45, 7) is 3.32. The summed E-state index contributed by atoms with van der Waals surface area (Å²) in [4.78, 5) is 17.9. The number of fused-ring (bicyclic) bond motifs is 3. The number of nitrogens with zero attached hydrogens (tertiary/aromatic N) is 5. The number of aromatic nitrogens is 4. The molecule has 5 rings (SSSR count). The van der Waals surface area contributed by atoms with Crippen molar-refractivity contribution in [1.82, 2.24) is 24.2 Å². The Kier molecular flexibility index (Phi) is 4.97. The van der Waals surface area contributed by atoms with Gasteiger partial charge in [-0.1, -0.05) is 0 Å². The van der Waals surface area contributed by atoms with Crippen molar-refractivity contribution in [1.29, 1.82) is 0 Å². The van der Waals surface area contributed by atoms with Crippen LogP contribution in [0.4, 0.5) is 17.6 Å². The van der Waals surface area contributed by atoms with Crippen LogP contribution in [0.1, 0.15) is 36.1 Å². The van der Waals surface area contributed by atoms with Crippen LogP contribution in [0.2, 0.25) is 0 Å². The second-order valence-corrected chi connectivity index (χ2v) is 8.76. The van der Waals surface area contributed by atoms with Gasteiger partial charge >= 0.3 is 6.18 Å². The predicted molar refractivity (Wildman–Crippen MR) is 111 cm³/mol. The number of amides is 1. The minimum atomic E-state index is -4.89. The molecular weight excluding hydrogens is 458 g/mol. The lowest BCUT2D eigenvalue weighted by atomic mass is 10.0. The second kappa shape index (κ2) is 7.55. The molecule has 2 aliphatic rings. The molecule has 0 saturated carbocycles. The standard InChI is InChI=1S/C22H21F4N5O3/c1-12-9-30-16(17-8-27-20(31(12)17)21(2,33)22(24,25)26)7-18(28-30)34-15-10-29(11-15)19(32)13-3-5-14(23)6-4-13/h3-8,12,15,33H,9-11H2,1-2H3/t12-,21?/m0/s1. The van der Waals surface area contributed by atoms with Crippen molar-refractivity contribution in [2.45, 2.75) is 44.3 Å². The number of carbonyl (C=O) groups is 1. The fraction of sp³-hybridized carbons (Fsp3) is 0.409. The molecule has 4 heterocycles. The van der Waals surface area contributed by atoms with Crippen LogP contribution in [0.3, 0.4) is 0 Å². The van der Waals surface area contributed by atoms with Crippen molar-refractivity contribution >= 4 is 5.91 Å². The number of benzene rings is 1. The lowest BCUT2D eigenvalue weighted by Crippen LogP contribution is -2.56. The van der Waals surface area contributed by atoms with Gasteiger partial charge in [0.1, 0.15) is 11.9 Å². The van der Waals surface area contributed by atoms with Crippen molar-refractivity contribution in [3.8, 4) is 17.3 Å². The van der Waals surface area contributed by atoms with Gasteiger partial charge in [-0.05, 0) is 38.1 Å². The quantitative estimate of drug-likeness (QED) is 0.582. The van der Waals surface area contributed by atoms with E-state index in [1.807, 2.05) is 0 Å². The lowest BCUT2D eigenvalue weighted by Gasteiger charge is -2.38. The van der Waals surface area contributed by atoms with Crippen LogP contribution in [0.25, 0.3) is 11.4 Å². The number of rotatable bonds is 4. The summed E-state index contributed by atoms with van der Waals surface area (Å²) in [5.41, 5.74) is -1.82. The van der Waals surface area contributed by atoms with Gasteiger partial charge in [0, 0.05) is 11.6 Å². The zero-order chi connectivity index (χ0) is 24.4. The van der Waals surface area contributed by atoms with E-state index in [0.29, 0.717) is 37.0 Å². The molecule has 8 nitrogen and oxygen atoms in total. The monoisotopic (exact) mass is 479 g/mol. The predicted octanol–water partition coefficient (Wildman–Crippen LogP) is 3.13. The molecule has 2 aromatic heterocycles. The highest BCUT2D eigenvalue weighted by Crippen LogP contribution is 2.42. The van der Waals surface area contributed by atoms with Gasteiger partial charge in [-0.25, -0.2) is 9.37 Å². The first-order valence-electron chi connectivity index (χ1n) is 10.6. The zero-order valence-electron chi connectivity index (χ0n) is 18.3. The zero-order valence-corrected chi connectivity index (χ0v) is 18.3. The Labute approximate surface area is 191 Å². The van der Waals surface area contributed by atoms with Gasteiger partial charge in [0.25, 0.3) is 5.91 Å². The number of likely N-dealkylation sites (tertiary alicyclic amines) is 1. The molecule has 0 bridgehead atoms. The van der Waals surface area contributed by atoms with Gasteiger partial charge in [-0.3, -0.25) is 9.48 Å². The maximum atomic E-state index is 13.4. The van der Waals surface area contributed by atoms with Crippen LogP contribution in [0, 0.1) is 5.82 Å². The molecule has 0 radical (unpaired) electrons. The molecule has 180 valence electrons. The van der Waals surface area contributed by atoms with Gasteiger partial charge < -0.3 is 19.3 Å². The highest BCUT2D eigenvalue weighted by molar-refractivity contribution is 5.94. The fourth-order valence-corrected chi connectivity index (χ4v) is 4.24. The normalized spacial score (nSPS) is 19.7. The number of ether oxygens (including phenoxy) is 1. The van der Waals surface area contributed by atoms with Gasteiger partial charge in [0.2, 0.25) is 11.5 Å². The maximum Gasteiger partial charge on any atom is 0.424 e. The number of hydrogen-bond donors (Lipinski definition) is 1. The lowest BCUT2D eigenvalue weighted by molar-refractivity contribution is -0.262. The highest BCUT2D eigenvalue weighted by atomic mass is 19.4. The second-order valence-electron chi connectivity index (χ2n) is 8.76. The molecule has 2 aliphatic heterocycles. The van der Waals surface area contributed by atoms with E-state index in [0.717, 1.165) is 0 Å². The van der Waals surface area contributed by atoms with E-state index in [2.05, 4.69) is 10.1 Å². The first-order valence-corrected chi connectivity index (χ1v) is 10.6. The number of aliphatic hydroxyl groups is 1. The molecule has 1 N–H and O–H groups in total. The Hall–Kier alpha value is -3.41. The van der Waals surface area contributed by atoms with E-state index in [-0.39, 0.29) is 24.4 Å². The van der Waals surface area contributed by atoms with E-state index in [4.69, 9.17) is 4.74 Å². The molecule has 34 heavy (non-hydrogen) atoms. The minimum Gasteiger partial charge on any atom is -0.469 e. The number of carbonyl (C=O) groups excluding carboxylic acids is 1.